The van der Waals surface area contributed by atoms with Gasteiger partial charge < -0.3 is 15.3 Å². The molecule has 1 fully saturated rings. The molecule has 1 aliphatic carbocycles. The third-order valence-corrected chi connectivity index (χ3v) is 3.40. The lowest BCUT2D eigenvalue weighted by Crippen LogP contribution is -2.48. The van der Waals surface area contributed by atoms with Gasteiger partial charge in [-0.3, -0.25) is 4.79 Å². The fraction of sp³-hybridized carbons (Fsp3) is 0.833. The number of amides is 2. The van der Waals surface area contributed by atoms with Gasteiger partial charge in [0.1, 0.15) is 6.04 Å². The first-order valence-electron chi connectivity index (χ1n) is 6.28. The first-order valence-corrected chi connectivity index (χ1v) is 6.28. The fourth-order valence-electron chi connectivity index (χ4n) is 2.16. The zero-order chi connectivity index (χ0) is 12.8. The summed E-state index contributed by atoms with van der Waals surface area (Å²) in [6.45, 7) is 1.47. The molecule has 0 aromatic carbocycles. The molecule has 1 atom stereocenters. The summed E-state index contributed by atoms with van der Waals surface area (Å²) in [5.74, 6) is -1.01. The van der Waals surface area contributed by atoms with Gasteiger partial charge >= 0.3 is 12.0 Å². The van der Waals surface area contributed by atoms with Gasteiger partial charge in [0.05, 0.1) is 0 Å². The Labute approximate surface area is 102 Å². The highest BCUT2D eigenvalue weighted by molar-refractivity contribution is 5.82. The van der Waals surface area contributed by atoms with E-state index in [1.807, 2.05) is 0 Å². The standard InChI is InChI=1S/C12H22N2O3/c1-9(11(15)16)13-12(17)14(2)10-7-5-3-4-6-8-10/h9-10H,3-8H2,1-2H3,(H,13,17)(H,15,16)/t9-/m1/s1. The van der Waals surface area contributed by atoms with Gasteiger partial charge in [0.15, 0.2) is 0 Å². The van der Waals surface area contributed by atoms with Crippen molar-refractivity contribution in [2.24, 2.45) is 0 Å². The predicted octanol–water partition coefficient (Wildman–Crippen LogP) is 1.82. The summed E-state index contributed by atoms with van der Waals surface area (Å²) in [4.78, 5) is 24.1. The van der Waals surface area contributed by atoms with Gasteiger partial charge in [-0.25, -0.2) is 4.79 Å². The number of hydrogen-bond acceptors (Lipinski definition) is 2. The van der Waals surface area contributed by atoms with Crippen molar-refractivity contribution in [1.82, 2.24) is 10.2 Å². The van der Waals surface area contributed by atoms with Crippen LogP contribution in [0.5, 0.6) is 0 Å². The molecule has 17 heavy (non-hydrogen) atoms. The van der Waals surface area contributed by atoms with E-state index in [4.69, 9.17) is 5.11 Å². The molecule has 1 saturated carbocycles. The maximum atomic E-state index is 11.8. The number of rotatable bonds is 3. The van der Waals surface area contributed by atoms with E-state index < -0.39 is 12.0 Å². The zero-order valence-corrected chi connectivity index (χ0v) is 10.6. The minimum absolute atomic E-state index is 0.249. The Kier molecular flexibility index (Phi) is 5.25. The third-order valence-electron chi connectivity index (χ3n) is 3.40. The van der Waals surface area contributed by atoms with Crippen molar-refractivity contribution in [3.05, 3.63) is 0 Å². The second-order valence-electron chi connectivity index (χ2n) is 4.77. The molecule has 0 unspecified atom stereocenters. The van der Waals surface area contributed by atoms with E-state index in [2.05, 4.69) is 5.32 Å². The number of aliphatic carboxylic acids is 1. The van der Waals surface area contributed by atoms with Crippen LogP contribution in [0.2, 0.25) is 0 Å². The molecule has 98 valence electrons. The number of urea groups is 1. The van der Waals surface area contributed by atoms with Crippen LogP contribution in [0, 0.1) is 0 Å². The molecule has 0 radical (unpaired) electrons. The van der Waals surface area contributed by atoms with E-state index in [0.717, 1.165) is 25.7 Å². The minimum Gasteiger partial charge on any atom is -0.480 e. The third kappa shape index (κ3) is 4.24. The SMILES string of the molecule is C[C@@H](NC(=O)N(C)C1CCCCCC1)C(=O)O. The lowest BCUT2D eigenvalue weighted by atomic mass is 10.1. The molecule has 2 amide bonds. The van der Waals surface area contributed by atoms with Crippen molar-refractivity contribution in [1.29, 1.82) is 0 Å². The zero-order valence-electron chi connectivity index (χ0n) is 10.6. The van der Waals surface area contributed by atoms with E-state index in [1.54, 1.807) is 11.9 Å². The van der Waals surface area contributed by atoms with E-state index in [-0.39, 0.29) is 12.1 Å². The van der Waals surface area contributed by atoms with Crippen molar-refractivity contribution in [2.75, 3.05) is 7.05 Å². The Morgan fingerprint density at radius 2 is 1.76 bits per heavy atom. The number of carbonyl (C=O) groups is 2. The Balaban J connectivity index is 2.47. The Hall–Kier alpha value is -1.26. The molecule has 0 heterocycles. The summed E-state index contributed by atoms with van der Waals surface area (Å²) in [6, 6.07) is -0.874. The second-order valence-corrected chi connectivity index (χ2v) is 4.77. The van der Waals surface area contributed by atoms with Gasteiger partial charge in [0, 0.05) is 13.1 Å². The van der Waals surface area contributed by atoms with Crippen molar-refractivity contribution < 1.29 is 14.7 Å². The smallest absolute Gasteiger partial charge is 0.325 e. The molecular weight excluding hydrogens is 220 g/mol. The maximum Gasteiger partial charge on any atom is 0.325 e. The molecule has 1 aliphatic rings. The van der Waals surface area contributed by atoms with Crippen LogP contribution in [0.15, 0.2) is 0 Å². The highest BCUT2D eigenvalue weighted by Gasteiger charge is 2.23. The van der Waals surface area contributed by atoms with E-state index in [0.29, 0.717) is 0 Å². The molecule has 0 spiro atoms. The molecule has 5 nitrogen and oxygen atoms in total. The quantitative estimate of drug-likeness (QED) is 0.742. The van der Waals surface area contributed by atoms with E-state index in [9.17, 15) is 9.59 Å². The van der Waals surface area contributed by atoms with Crippen LogP contribution in [0.1, 0.15) is 45.4 Å². The average molecular weight is 242 g/mol. The van der Waals surface area contributed by atoms with Crippen molar-refractivity contribution in [3.63, 3.8) is 0 Å². The highest BCUT2D eigenvalue weighted by Crippen LogP contribution is 2.20. The summed E-state index contributed by atoms with van der Waals surface area (Å²) < 4.78 is 0. The largest absolute Gasteiger partial charge is 0.480 e. The van der Waals surface area contributed by atoms with Crippen LogP contribution in [-0.4, -0.2) is 41.1 Å². The first kappa shape index (κ1) is 13.8. The van der Waals surface area contributed by atoms with Crippen molar-refractivity contribution in [2.45, 2.75) is 57.5 Å². The van der Waals surface area contributed by atoms with E-state index >= 15 is 0 Å². The van der Waals surface area contributed by atoms with Crippen molar-refractivity contribution >= 4 is 12.0 Å². The van der Waals surface area contributed by atoms with Gasteiger partial charge in [-0.05, 0) is 19.8 Å². The molecular formula is C12H22N2O3. The highest BCUT2D eigenvalue weighted by atomic mass is 16.4. The van der Waals surface area contributed by atoms with Crippen molar-refractivity contribution in [3.8, 4) is 0 Å². The Bertz CT molecular complexity index is 273. The lowest BCUT2D eigenvalue weighted by Gasteiger charge is -2.28. The van der Waals surface area contributed by atoms with E-state index in [1.165, 1.54) is 19.8 Å². The number of nitrogens with one attached hydrogen (secondary N) is 1. The molecule has 0 bridgehead atoms. The topological polar surface area (TPSA) is 69.6 Å². The van der Waals surface area contributed by atoms with Gasteiger partial charge in [-0.1, -0.05) is 25.7 Å². The molecule has 0 aromatic heterocycles. The van der Waals surface area contributed by atoms with Gasteiger partial charge in [-0.15, -0.1) is 0 Å². The van der Waals surface area contributed by atoms with Gasteiger partial charge in [-0.2, -0.15) is 0 Å². The first-order chi connectivity index (χ1) is 8.02. The molecule has 1 rings (SSSR count). The summed E-state index contributed by atoms with van der Waals surface area (Å²) >= 11 is 0. The fourth-order valence-corrected chi connectivity index (χ4v) is 2.16. The number of nitrogens with zero attached hydrogens (tertiary/aromatic N) is 1. The van der Waals surface area contributed by atoms with Crippen LogP contribution in [0.4, 0.5) is 4.79 Å². The average Bonchev–Trinajstić information content (AvgIpc) is 2.56. The normalized spacial score (nSPS) is 19.2. The Morgan fingerprint density at radius 3 is 2.24 bits per heavy atom. The molecule has 0 saturated heterocycles. The van der Waals surface area contributed by atoms with Crippen LogP contribution >= 0.6 is 0 Å². The monoisotopic (exact) mass is 242 g/mol. The summed E-state index contributed by atoms with van der Waals surface area (Å²) in [6.07, 6.45) is 6.80. The van der Waals surface area contributed by atoms with Crippen LogP contribution < -0.4 is 5.32 Å². The van der Waals surface area contributed by atoms with Crippen LogP contribution in [0.25, 0.3) is 0 Å². The van der Waals surface area contributed by atoms with Gasteiger partial charge in [0.2, 0.25) is 0 Å². The van der Waals surface area contributed by atoms with Crippen LogP contribution in [0.3, 0.4) is 0 Å². The number of hydrogen-bond donors (Lipinski definition) is 2. The predicted molar refractivity (Wildman–Crippen MR) is 64.9 cm³/mol. The summed E-state index contributed by atoms with van der Waals surface area (Å²) in [5, 5.41) is 11.2. The number of carboxylic acids is 1. The number of carboxylic acid groups (broad SMARTS) is 1. The molecule has 2 N–H and O–H groups in total. The summed E-state index contributed by atoms with van der Waals surface area (Å²) in [5.41, 5.74) is 0. The number of carbonyl (C=O) groups excluding carboxylic acids is 1. The maximum absolute atomic E-state index is 11.8. The molecule has 0 aliphatic heterocycles. The second kappa shape index (κ2) is 6.47. The summed E-state index contributed by atoms with van der Waals surface area (Å²) in [7, 11) is 1.75. The molecule has 5 heteroatoms. The lowest BCUT2D eigenvalue weighted by molar-refractivity contribution is -0.138. The van der Waals surface area contributed by atoms with Crippen LogP contribution in [-0.2, 0) is 4.79 Å². The molecule has 0 aromatic rings. The van der Waals surface area contributed by atoms with Gasteiger partial charge in [0.25, 0.3) is 0 Å². The Morgan fingerprint density at radius 1 is 1.24 bits per heavy atom. The minimum atomic E-state index is -1.01.